The van der Waals surface area contributed by atoms with E-state index >= 15 is 0 Å². The van der Waals surface area contributed by atoms with Gasteiger partial charge in [-0.15, -0.1) is 0 Å². The Morgan fingerprint density at radius 2 is 1.58 bits per heavy atom. The SMILES string of the molecule is C[C@@H]1[C@]23CC[C@H]4[C@@]5(CC=C[C@@H](C[C@]1(O)OC2)[C@H]35)CC[C@@]1(C)[C@@H]2C[C@](C)(C(=O)O)CC[C@]2(C)CC[C@]41C. The van der Waals surface area contributed by atoms with Gasteiger partial charge in [-0.1, -0.05) is 39.8 Å². The summed E-state index contributed by atoms with van der Waals surface area (Å²) in [4.78, 5) is 12.4. The molecule has 6 aliphatic carbocycles. The monoisotopic (exact) mass is 496 g/mol. The minimum Gasteiger partial charge on any atom is -0.481 e. The van der Waals surface area contributed by atoms with Crippen molar-refractivity contribution >= 4 is 5.97 Å². The molecule has 0 aromatic rings. The van der Waals surface area contributed by atoms with Gasteiger partial charge in [-0.25, -0.2) is 0 Å². The van der Waals surface area contributed by atoms with E-state index in [2.05, 4.69) is 39.8 Å². The predicted octanol–water partition coefficient (Wildman–Crippen LogP) is 6.82. The number of allylic oxidation sites excluding steroid dienone is 2. The maximum absolute atomic E-state index is 12.4. The predicted molar refractivity (Wildman–Crippen MR) is 139 cm³/mol. The van der Waals surface area contributed by atoms with Crippen LogP contribution in [-0.4, -0.2) is 28.6 Å². The van der Waals surface area contributed by atoms with Gasteiger partial charge in [0.15, 0.2) is 5.79 Å². The first-order valence-corrected chi connectivity index (χ1v) is 15.1. The standard InChI is InChI=1S/C32H48O4/c1-20-31-10-8-22-28(4)14-13-26(2)11-12-27(3,25(33)34)18-23(26)29(28,5)15-16-30(22)9-6-7-21(24(30)31)17-32(20,35)36-19-31/h6-7,20-24,35H,8-19H2,1-5H3,(H,33,34)/t20-,21+,22-,23-,24+,26-,27-,28-,29+,30-,31+,32+/m1/s1. The van der Waals surface area contributed by atoms with Crippen LogP contribution in [-0.2, 0) is 9.53 Å². The molecule has 4 nitrogen and oxygen atoms in total. The molecule has 2 spiro atoms. The minimum atomic E-state index is -0.944. The lowest BCUT2D eigenvalue weighted by atomic mass is 9.28. The van der Waals surface area contributed by atoms with Crippen LogP contribution in [0.3, 0.4) is 0 Å². The van der Waals surface area contributed by atoms with Gasteiger partial charge < -0.3 is 14.9 Å². The molecule has 0 amide bonds. The lowest BCUT2D eigenvalue weighted by Crippen LogP contribution is -2.70. The zero-order chi connectivity index (χ0) is 25.6. The maximum atomic E-state index is 12.4. The van der Waals surface area contributed by atoms with Crippen LogP contribution >= 0.6 is 0 Å². The number of ether oxygens (including phenoxy) is 1. The summed E-state index contributed by atoms with van der Waals surface area (Å²) in [5, 5.41) is 21.7. The van der Waals surface area contributed by atoms with Crippen LogP contribution in [0.2, 0.25) is 0 Å². The Bertz CT molecular complexity index is 1040. The van der Waals surface area contributed by atoms with Crippen molar-refractivity contribution < 1.29 is 19.7 Å². The van der Waals surface area contributed by atoms with Crippen molar-refractivity contribution in [1.82, 2.24) is 0 Å². The fourth-order valence-electron chi connectivity index (χ4n) is 12.9. The number of aliphatic hydroxyl groups is 1. The number of carboxylic acids is 1. The fraction of sp³-hybridized carbons (Fsp3) is 0.906. The number of fused-ring (bicyclic) bond motifs is 5. The summed E-state index contributed by atoms with van der Waals surface area (Å²) in [6.45, 7) is 12.8. The molecule has 1 aliphatic heterocycles. The number of rotatable bonds is 1. The molecule has 2 bridgehead atoms. The Morgan fingerprint density at radius 3 is 2.33 bits per heavy atom. The van der Waals surface area contributed by atoms with Crippen LogP contribution in [0.25, 0.3) is 0 Å². The lowest BCUT2D eigenvalue weighted by Gasteiger charge is -2.76. The van der Waals surface area contributed by atoms with Gasteiger partial charge >= 0.3 is 5.97 Å². The number of hydrogen-bond acceptors (Lipinski definition) is 3. The van der Waals surface area contributed by atoms with E-state index in [-0.39, 0.29) is 27.6 Å². The van der Waals surface area contributed by atoms with Crippen molar-refractivity contribution in [1.29, 1.82) is 0 Å². The molecule has 2 N–H and O–H groups in total. The van der Waals surface area contributed by atoms with Gasteiger partial charge in [0, 0.05) is 17.8 Å². The molecular formula is C32H48O4. The van der Waals surface area contributed by atoms with Crippen molar-refractivity contribution in [3.8, 4) is 0 Å². The molecule has 0 aromatic heterocycles. The molecule has 36 heavy (non-hydrogen) atoms. The fourth-order valence-corrected chi connectivity index (χ4v) is 12.9. The van der Waals surface area contributed by atoms with Crippen molar-refractivity contribution in [3.63, 3.8) is 0 Å². The largest absolute Gasteiger partial charge is 0.481 e. The van der Waals surface area contributed by atoms with Gasteiger partial charge in [0.1, 0.15) is 0 Å². The summed E-state index contributed by atoms with van der Waals surface area (Å²) in [6, 6.07) is 0. The summed E-state index contributed by atoms with van der Waals surface area (Å²) < 4.78 is 6.27. The van der Waals surface area contributed by atoms with Crippen molar-refractivity contribution in [2.45, 2.75) is 111 Å². The molecule has 7 aliphatic rings. The molecule has 0 radical (unpaired) electrons. The molecule has 1 saturated heterocycles. The van der Waals surface area contributed by atoms with Crippen molar-refractivity contribution in [2.24, 2.45) is 62.1 Å². The summed E-state index contributed by atoms with van der Waals surface area (Å²) >= 11 is 0. The molecule has 4 heteroatoms. The van der Waals surface area contributed by atoms with Crippen LogP contribution < -0.4 is 0 Å². The third-order valence-corrected chi connectivity index (χ3v) is 15.2. The summed E-state index contributed by atoms with van der Waals surface area (Å²) in [6.07, 6.45) is 17.1. The Kier molecular flexibility index (Phi) is 4.58. The van der Waals surface area contributed by atoms with E-state index in [0.717, 1.165) is 32.3 Å². The Balaban J connectivity index is 1.32. The van der Waals surface area contributed by atoms with Crippen LogP contribution in [0.15, 0.2) is 12.2 Å². The van der Waals surface area contributed by atoms with E-state index in [9.17, 15) is 15.0 Å². The highest BCUT2D eigenvalue weighted by Crippen LogP contribution is 2.81. The van der Waals surface area contributed by atoms with Crippen LogP contribution in [0.4, 0.5) is 0 Å². The normalized spacial score (nSPS) is 63.0. The van der Waals surface area contributed by atoms with Crippen LogP contribution in [0.1, 0.15) is 105 Å². The quantitative estimate of drug-likeness (QED) is 0.391. The lowest BCUT2D eigenvalue weighted by molar-refractivity contribution is -0.280. The van der Waals surface area contributed by atoms with E-state index < -0.39 is 17.2 Å². The van der Waals surface area contributed by atoms with Gasteiger partial charge in [-0.2, -0.15) is 0 Å². The minimum absolute atomic E-state index is 0.110. The number of hydrogen-bond donors (Lipinski definition) is 2. The van der Waals surface area contributed by atoms with E-state index in [1.807, 2.05) is 6.92 Å². The Morgan fingerprint density at radius 1 is 0.889 bits per heavy atom. The van der Waals surface area contributed by atoms with Crippen LogP contribution in [0, 0.1) is 62.1 Å². The first-order chi connectivity index (χ1) is 16.8. The van der Waals surface area contributed by atoms with Crippen molar-refractivity contribution in [3.05, 3.63) is 12.2 Å². The highest BCUT2D eigenvalue weighted by Gasteiger charge is 2.76. The molecule has 12 atom stereocenters. The van der Waals surface area contributed by atoms with Crippen molar-refractivity contribution in [2.75, 3.05) is 6.61 Å². The zero-order valence-electron chi connectivity index (χ0n) is 23.2. The highest BCUT2D eigenvalue weighted by atomic mass is 16.6. The second kappa shape index (κ2) is 6.82. The first-order valence-electron chi connectivity index (χ1n) is 15.1. The van der Waals surface area contributed by atoms with Crippen LogP contribution in [0.5, 0.6) is 0 Å². The van der Waals surface area contributed by atoms with Gasteiger partial charge in [0.25, 0.3) is 0 Å². The molecular weight excluding hydrogens is 448 g/mol. The topological polar surface area (TPSA) is 66.8 Å². The molecule has 6 fully saturated rings. The summed E-state index contributed by atoms with van der Waals surface area (Å²) in [7, 11) is 0. The Hall–Kier alpha value is -0.870. The Labute approximate surface area is 217 Å². The van der Waals surface area contributed by atoms with Gasteiger partial charge in [-0.05, 0) is 116 Å². The smallest absolute Gasteiger partial charge is 0.309 e. The average molecular weight is 497 g/mol. The number of carboxylic acid groups (broad SMARTS) is 1. The molecule has 5 saturated carbocycles. The second-order valence-corrected chi connectivity index (χ2v) is 16.0. The average Bonchev–Trinajstić information content (AvgIpc) is 2.98. The van der Waals surface area contributed by atoms with Gasteiger partial charge in [-0.3, -0.25) is 4.79 Å². The second-order valence-electron chi connectivity index (χ2n) is 16.0. The number of aliphatic carboxylic acids is 1. The highest BCUT2D eigenvalue weighted by molar-refractivity contribution is 5.74. The summed E-state index contributed by atoms with van der Waals surface area (Å²) in [5.41, 5.74) is 0.516. The molecule has 200 valence electrons. The maximum Gasteiger partial charge on any atom is 0.309 e. The molecule has 0 unspecified atom stereocenters. The molecule has 1 heterocycles. The van der Waals surface area contributed by atoms with E-state index in [1.54, 1.807) is 0 Å². The van der Waals surface area contributed by atoms with Gasteiger partial charge in [0.05, 0.1) is 12.0 Å². The third-order valence-electron chi connectivity index (χ3n) is 15.2. The van der Waals surface area contributed by atoms with E-state index in [1.165, 1.54) is 44.9 Å². The molecule has 7 rings (SSSR count). The first kappa shape index (κ1) is 24.2. The number of carbonyl (C=O) groups is 1. The van der Waals surface area contributed by atoms with E-state index in [4.69, 9.17) is 4.74 Å². The van der Waals surface area contributed by atoms with E-state index in [0.29, 0.717) is 29.1 Å². The zero-order valence-corrected chi connectivity index (χ0v) is 23.2. The summed E-state index contributed by atoms with van der Waals surface area (Å²) in [5.74, 6) is 0.868. The third kappa shape index (κ3) is 2.49. The molecule has 0 aromatic carbocycles. The van der Waals surface area contributed by atoms with Gasteiger partial charge in [0.2, 0.25) is 0 Å².